The van der Waals surface area contributed by atoms with Gasteiger partial charge in [0.1, 0.15) is 13.2 Å². The van der Waals surface area contributed by atoms with Gasteiger partial charge in [-0.25, -0.2) is 0 Å². The Kier molecular flexibility index (Phi) is 65.6. The molecule has 0 aromatic carbocycles. The van der Waals surface area contributed by atoms with Crippen LogP contribution < -0.4 is 0 Å². The standard InChI is InChI=1S/C73H134O6/c1-4-7-10-13-16-18-20-22-24-26-28-30-31-32-33-34-35-36-37-38-39-40-41-43-44-46-48-50-52-54-57-60-63-66-72(75)78-69-70(68-77-71(74)65-62-59-56-15-12-9-6-3)79-73(76)67-64-61-58-55-53-51-49-47-45-42-29-27-25-23-21-19-17-14-11-8-5-2/h21,23,26-29,45,47,70H,4-20,22,24-25,30-44,46,48-69H2,1-3H3/b23-21-,28-26-,29-27-,47-45-. The second-order valence-electron chi connectivity index (χ2n) is 23.8. The van der Waals surface area contributed by atoms with Gasteiger partial charge in [0, 0.05) is 19.3 Å². The van der Waals surface area contributed by atoms with Gasteiger partial charge in [-0.3, -0.25) is 14.4 Å². The molecule has 6 nitrogen and oxygen atoms in total. The lowest BCUT2D eigenvalue weighted by atomic mass is 10.0. The number of ether oxygens (including phenoxy) is 3. The second-order valence-corrected chi connectivity index (χ2v) is 23.8. The molecule has 0 heterocycles. The van der Waals surface area contributed by atoms with Crippen LogP contribution in [0.1, 0.15) is 380 Å². The lowest BCUT2D eigenvalue weighted by Gasteiger charge is -2.18. The molecule has 79 heavy (non-hydrogen) atoms. The van der Waals surface area contributed by atoms with E-state index in [4.69, 9.17) is 14.2 Å². The Hall–Kier alpha value is -2.63. The van der Waals surface area contributed by atoms with Crippen molar-refractivity contribution in [2.24, 2.45) is 0 Å². The first kappa shape index (κ1) is 76.4. The van der Waals surface area contributed by atoms with Crippen LogP contribution in [0.3, 0.4) is 0 Å². The first-order chi connectivity index (χ1) is 39.0. The summed E-state index contributed by atoms with van der Waals surface area (Å²) in [4.78, 5) is 38.1. The fourth-order valence-electron chi connectivity index (χ4n) is 10.5. The van der Waals surface area contributed by atoms with Crippen LogP contribution in [0.2, 0.25) is 0 Å². The minimum absolute atomic E-state index is 0.0744. The fourth-order valence-corrected chi connectivity index (χ4v) is 10.5. The van der Waals surface area contributed by atoms with Crippen LogP contribution in [0.5, 0.6) is 0 Å². The summed E-state index contributed by atoms with van der Waals surface area (Å²) in [5, 5.41) is 0. The van der Waals surface area contributed by atoms with Crippen LogP contribution in [0.25, 0.3) is 0 Å². The van der Waals surface area contributed by atoms with E-state index < -0.39 is 6.10 Å². The Morgan fingerprint density at radius 1 is 0.253 bits per heavy atom. The van der Waals surface area contributed by atoms with Crippen molar-refractivity contribution in [3.8, 4) is 0 Å². The Labute approximate surface area is 492 Å². The topological polar surface area (TPSA) is 78.9 Å². The van der Waals surface area contributed by atoms with Crippen LogP contribution in [-0.4, -0.2) is 37.2 Å². The second kappa shape index (κ2) is 67.9. The summed E-state index contributed by atoms with van der Waals surface area (Å²) in [5.41, 5.74) is 0. The molecule has 0 fully saturated rings. The Balaban J connectivity index is 4.00. The maximum atomic E-state index is 12.9. The molecule has 1 unspecified atom stereocenters. The summed E-state index contributed by atoms with van der Waals surface area (Å²) in [5.74, 6) is -0.873. The molecule has 0 saturated carbocycles. The number of hydrogen-bond donors (Lipinski definition) is 0. The van der Waals surface area contributed by atoms with E-state index in [1.54, 1.807) is 0 Å². The van der Waals surface area contributed by atoms with Gasteiger partial charge in [0.2, 0.25) is 0 Å². The Morgan fingerprint density at radius 3 is 0.722 bits per heavy atom. The van der Waals surface area contributed by atoms with Gasteiger partial charge in [-0.2, -0.15) is 0 Å². The van der Waals surface area contributed by atoms with Crippen molar-refractivity contribution >= 4 is 17.9 Å². The minimum atomic E-state index is -0.776. The molecular weight excluding hydrogens is 973 g/mol. The fraction of sp³-hybridized carbons (Fsp3) is 0.849. The molecule has 0 aromatic rings. The van der Waals surface area contributed by atoms with Gasteiger partial charge in [0.25, 0.3) is 0 Å². The molecule has 0 amide bonds. The van der Waals surface area contributed by atoms with E-state index >= 15 is 0 Å². The van der Waals surface area contributed by atoms with E-state index in [9.17, 15) is 14.4 Å². The third kappa shape index (κ3) is 66.1. The smallest absolute Gasteiger partial charge is 0.306 e. The number of unbranched alkanes of at least 4 members (excludes halogenated alkanes) is 46. The molecular formula is C73H134O6. The van der Waals surface area contributed by atoms with E-state index in [0.29, 0.717) is 19.3 Å². The van der Waals surface area contributed by atoms with Gasteiger partial charge in [-0.05, 0) is 83.5 Å². The summed E-state index contributed by atoms with van der Waals surface area (Å²) in [6.45, 7) is 6.63. The maximum Gasteiger partial charge on any atom is 0.306 e. The average molecular weight is 1110 g/mol. The van der Waals surface area contributed by atoms with Crippen LogP contribution in [-0.2, 0) is 28.6 Å². The summed E-state index contributed by atoms with van der Waals surface area (Å²) in [6, 6.07) is 0. The predicted octanol–water partition coefficient (Wildman–Crippen LogP) is 24.1. The van der Waals surface area contributed by atoms with Gasteiger partial charge in [-0.1, -0.05) is 326 Å². The van der Waals surface area contributed by atoms with Gasteiger partial charge in [0.05, 0.1) is 0 Å². The highest BCUT2D eigenvalue weighted by Crippen LogP contribution is 2.18. The Morgan fingerprint density at radius 2 is 0.456 bits per heavy atom. The zero-order chi connectivity index (χ0) is 57.1. The molecule has 0 aliphatic carbocycles. The van der Waals surface area contributed by atoms with Crippen molar-refractivity contribution in [1.29, 1.82) is 0 Å². The molecule has 0 N–H and O–H groups in total. The number of esters is 3. The zero-order valence-corrected chi connectivity index (χ0v) is 53.2. The van der Waals surface area contributed by atoms with Gasteiger partial charge in [-0.15, -0.1) is 0 Å². The first-order valence-electron chi connectivity index (χ1n) is 35.1. The number of carbonyl (C=O) groups is 3. The summed E-state index contributed by atoms with van der Waals surface area (Å²) in [7, 11) is 0. The summed E-state index contributed by atoms with van der Waals surface area (Å²) < 4.78 is 16.9. The number of allylic oxidation sites excluding steroid dienone is 8. The molecule has 0 spiro atoms. The van der Waals surface area contributed by atoms with Crippen LogP contribution >= 0.6 is 0 Å². The third-order valence-electron chi connectivity index (χ3n) is 15.8. The number of hydrogen-bond acceptors (Lipinski definition) is 6. The van der Waals surface area contributed by atoms with Crippen LogP contribution in [0.4, 0.5) is 0 Å². The number of rotatable bonds is 65. The summed E-state index contributed by atoms with van der Waals surface area (Å²) in [6.07, 6.45) is 86.1. The van der Waals surface area contributed by atoms with Gasteiger partial charge >= 0.3 is 17.9 Å². The van der Waals surface area contributed by atoms with Crippen LogP contribution in [0.15, 0.2) is 48.6 Å². The largest absolute Gasteiger partial charge is 0.462 e. The maximum absolute atomic E-state index is 12.9. The van der Waals surface area contributed by atoms with E-state index in [1.807, 2.05) is 0 Å². The van der Waals surface area contributed by atoms with Crippen LogP contribution in [0, 0.1) is 0 Å². The average Bonchev–Trinajstić information content (AvgIpc) is 3.45. The monoisotopic (exact) mass is 1110 g/mol. The molecule has 0 aliphatic rings. The molecule has 0 saturated heterocycles. The normalized spacial score (nSPS) is 12.3. The molecule has 0 aromatic heterocycles. The minimum Gasteiger partial charge on any atom is -0.462 e. The highest BCUT2D eigenvalue weighted by molar-refractivity contribution is 5.71. The predicted molar refractivity (Wildman–Crippen MR) is 344 cm³/mol. The van der Waals surface area contributed by atoms with E-state index in [-0.39, 0.29) is 31.1 Å². The Bertz CT molecular complexity index is 1360. The van der Waals surface area contributed by atoms with E-state index in [2.05, 4.69) is 69.4 Å². The van der Waals surface area contributed by atoms with E-state index in [1.165, 1.54) is 263 Å². The first-order valence-corrected chi connectivity index (χ1v) is 35.1. The number of carbonyl (C=O) groups excluding carboxylic acids is 3. The van der Waals surface area contributed by atoms with E-state index in [0.717, 1.165) is 77.0 Å². The van der Waals surface area contributed by atoms with Crippen molar-refractivity contribution in [3.05, 3.63) is 48.6 Å². The van der Waals surface area contributed by atoms with Crippen molar-refractivity contribution in [1.82, 2.24) is 0 Å². The lowest BCUT2D eigenvalue weighted by Crippen LogP contribution is -2.30. The molecule has 462 valence electrons. The SMILES string of the molecule is CCCCCCC/C=C\C/C=C\C/C=C\CCCCCCCCC(=O)OC(COC(=O)CCCCCCCCC)COC(=O)CCCCCCCCCCCCCCCCCCCCCCC/C=C\CCCCCCCCCC. The van der Waals surface area contributed by atoms with Crippen molar-refractivity contribution in [2.45, 2.75) is 386 Å². The zero-order valence-electron chi connectivity index (χ0n) is 53.2. The molecule has 0 radical (unpaired) electrons. The van der Waals surface area contributed by atoms with Crippen molar-refractivity contribution < 1.29 is 28.6 Å². The highest BCUT2D eigenvalue weighted by Gasteiger charge is 2.19. The molecule has 0 bridgehead atoms. The lowest BCUT2D eigenvalue weighted by molar-refractivity contribution is -0.167. The highest BCUT2D eigenvalue weighted by atomic mass is 16.6. The summed E-state index contributed by atoms with van der Waals surface area (Å²) >= 11 is 0. The van der Waals surface area contributed by atoms with Gasteiger partial charge < -0.3 is 14.2 Å². The molecule has 1 atom stereocenters. The van der Waals surface area contributed by atoms with Crippen molar-refractivity contribution in [2.75, 3.05) is 13.2 Å². The quantitative estimate of drug-likeness (QED) is 0.0261. The molecule has 0 rings (SSSR count). The molecule has 0 aliphatic heterocycles. The van der Waals surface area contributed by atoms with Crippen molar-refractivity contribution in [3.63, 3.8) is 0 Å². The van der Waals surface area contributed by atoms with Gasteiger partial charge in [0.15, 0.2) is 6.10 Å². The third-order valence-corrected chi connectivity index (χ3v) is 15.8. The molecule has 6 heteroatoms.